The number of rotatable bonds is 4. The molecular weight excluding hydrogens is 250 g/mol. The molecule has 0 saturated heterocycles. The molecule has 0 fully saturated rings. The van der Waals surface area contributed by atoms with E-state index in [1.807, 2.05) is 0 Å². The highest BCUT2D eigenvalue weighted by Gasteiger charge is 2.21. The van der Waals surface area contributed by atoms with E-state index < -0.39 is 15.3 Å². The third kappa shape index (κ3) is 2.77. The summed E-state index contributed by atoms with van der Waals surface area (Å²) >= 11 is 1.00. The van der Waals surface area contributed by atoms with E-state index in [2.05, 4.69) is 9.71 Å². The van der Waals surface area contributed by atoms with Gasteiger partial charge in [0.2, 0.25) is 0 Å². The van der Waals surface area contributed by atoms with E-state index in [0.717, 1.165) is 11.3 Å². The minimum absolute atomic E-state index is 0.0901. The fourth-order valence-electron chi connectivity index (χ4n) is 0.762. The van der Waals surface area contributed by atoms with Gasteiger partial charge in [-0.2, -0.15) is 5.26 Å². The van der Waals surface area contributed by atoms with E-state index in [1.165, 1.54) is 19.2 Å². The molecule has 8 heteroatoms. The van der Waals surface area contributed by atoms with Crippen molar-refractivity contribution in [1.82, 2.24) is 4.98 Å². The van der Waals surface area contributed by atoms with Crippen LogP contribution < -0.4 is 4.72 Å². The van der Waals surface area contributed by atoms with Crippen LogP contribution in [0.2, 0.25) is 0 Å². The molecule has 6 nitrogen and oxygen atoms in total. The summed E-state index contributed by atoms with van der Waals surface area (Å²) in [5.74, 6) is -0.241. The Bertz CT molecular complexity index is 541. The third-order valence-corrected chi connectivity index (χ3v) is 4.14. The van der Waals surface area contributed by atoms with Crippen molar-refractivity contribution in [3.05, 3.63) is 11.1 Å². The smallest absolute Gasteiger partial charge is 0.250 e. The van der Waals surface area contributed by atoms with Crippen LogP contribution in [0, 0.1) is 11.3 Å². The lowest BCUT2D eigenvalue weighted by Gasteiger charge is -2.05. The lowest BCUT2D eigenvalue weighted by Crippen LogP contribution is -2.23. The van der Waals surface area contributed by atoms with Gasteiger partial charge >= 0.3 is 0 Å². The Morgan fingerprint density at radius 2 is 2.31 bits per heavy atom. The number of aromatic nitrogens is 1. The largest absolute Gasteiger partial charge is 0.293 e. The molecule has 0 amide bonds. The molecule has 1 aromatic heterocycles. The highest BCUT2D eigenvalue weighted by molar-refractivity contribution is 7.93. The van der Waals surface area contributed by atoms with Crippen LogP contribution in [-0.4, -0.2) is 24.4 Å². The number of nitrogens with one attached hydrogen (secondary N) is 1. The van der Waals surface area contributed by atoms with Crippen molar-refractivity contribution in [1.29, 1.82) is 5.26 Å². The highest BCUT2D eigenvalue weighted by Crippen LogP contribution is 2.18. The van der Waals surface area contributed by atoms with Gasteiger partial charge in [-0.25, -0.2) is 13.4 Å². The molecule has 1 rings (SSSR count). The minimum Gasteiger partial charge on any atom is -0.293 e. The summed E-state index contributed by atoms with van der Waals surface area (Å²) in [6, 6.07) is 1.61. The molecule has 16 heavy (non-hydrogen) atoms. The Kier molecular flexibility index (Phi) is 3.62. The normalized spacial score (nSPS) is 12.8. The monoisotopic (exact) mass is 259 g/mol. The fourth-order valence-corrected chi connectivity index (χ4v) is 2.50. The molecule has 1 heterocycles. The van der Waals surface area contributed by atoms with Gasteiger partial charge < -0.3 is 0 Å². The van der Waals surface area contributed by atoms with E-state index in [4.69, 9.17) is 5.26 Å². The third-order valence-electron chi connectivity index (χ3n) is 1.74. The maximum Gasteiger partial charge on any atom is 0.250 e. The van der Waals surface area contributed by atoms with Gasteiger partial charge in [0.25, 0.3) is 10.0 Å². The van der Waals surface area contributed by atoms with Crippen molar-refractivity contribution in [2.75, 3.05) is 4.72 Å². The van der Waals surface area contributed by atoms with Crippen LogP contribution in [0.1, 0.15) is 24.3 Å². The van der Waals surface area contributed by atoms with E-state index >= 15 is 0 Å². The molecule has 1 aromatic rings. The van der Waals surface area contributed by atoms with Gasteiger partial charge in [-0.3, -0.25) is 9.52 Å². The van der Waals surface area contributed by atoms with E-state index in [0.29, 0.717) is 0 Å². The maximum atomic E-state index is 11.5. The Morgan fingerprint density at radius 1 is 1.69 bits per heavy atom. The molecule has 0 spiro atoms. The number of carbonyl (C=O) groups is 1. The van der Waals surface area contributed by atoms with Crippen molar-refractivity contribution in [2.24, 2.45) is 0 Å². The van der Waals surface area contributed by atoms with Crippen LogP contribution in [0.5, 0.6) is 0 Å². The predicted octanol–water partition coefficient (Wildman–Crippen LogP) is 0.999. The first-order chi connectivity index (χ1) is 7.36. The summed E-state index contributed by atoms with van der Waals surface area (Å²) in [5, 5.41) is 8.88. The van der Waals surface area contributed by atoms with E-state index in [9.17, 15) is 13.2 Å². The van der Waals surface area contributed by atoms with Crippen LogP contribution in [-0.2, 0) is 10.0 Å². The zero-order chi connectivity index (χ0) is 12.3. The quantitative estimate of drug-likeness (QED) is 0.813. The van der Waals surface area contributed by atoms with Gasteiger partial charge in [-0.15, -0.1) is 11.3 Å². The number of anilines is 1. The van der Waals surface area contributed by atoms with E-state index in [1.54, 1.807) is 6.07 Å². The molecule has 0 bridgehead atoms. The molecule has 0 aromatic carbocycles. The first-order valence-corrected chi connectivity index (χ1v) is 6.67. The summed E-state index contributed by atoms with van der Waals surface area (Å²) in [6.07, 6.45) is 0. The zero-order valence-electron chi connectivity index (χ0n) is 8.59. The Labute approximate surface area is 97.0 Å². The van der Waals surface area contributed by atoms with Crippen molar-refractivity contribution >= 4 is 32.3 Å². The zero-order valence-corrected chi connectivity index (χ0v) is 10.2. The summed E-state index contributed by atoms with van der Waals surface area (Å²) in [6.45, 7) is 2.60. The van der Waals surface area contributed by atoms with Gasteiger partial charge in [-0.05, 0) is 6.92 Å². The van der Waals surface area contributed by atoms with Crippen LogP contribution in [0.3, 0.4) is 0 Å². The lowest BCUT2D eigenvalue weighted by atomic mass is 10.4. The first kappa shape index (κ1) is 12.6. The second kappa shape index (κ2) is 4.59. The molecule has 1 atom stereocenters. The second-order valence-corrected chi connectivity index (χ2v) is 5.87. The number of thiazole rings is 1. The summed E-state index contributed by atoms with van der Waals surface area (Å²) < 4.78 is 25.1. The minimum atomic E-state index is -3.75. The first-order valence-electron chi connectivity index (χ1n) is 4.24. The van der Waals surface area contributed by atoms with Gasteiger partial charge in [0.15, 0.2) is 16.2 Å². The topological polar surface area (TPSA) is 99.9 Å². The van der Waals surface area contributed by atoms with Crippen molar-refractivity contribution in [3.63, 3.8) is 0 Å². The standard InChI is InChI=1S/C8H9N3O3S2/c1-5(3-9)16(13,14)11-8-10-7(4-15-8)6(2)12/h4-5H,1-2H3,(H,10,11). The molecule has 0 aliphatic heterocycles. The van der Waals surface area contributed by atoms with Gasteiger partial charge in [0.1, 0.15) is 5.69 Å². The van der Waals surface area contributed by atoms with Crippen molar-refractivity contribution < 1.29 is 13.2 Å². The molecular formula is C8H9N3O3S2. The van der Waals surface area contributed by atoms with Gasteiger partial charge in [-0.1, -0.05) is 0 Å². The number of hydrogen-bond acceptors (Lipinski definition) is 6. The number of hydrogen-bond donors (Lipinski definition) is 1. The van der Waals surface area contributed by atoms with Crippen LogP contribution in [0.25, 0.3) is 0 Å². The number of nitriles is 1. The molecule has 0 saturated carbocycles. The van der Waals surface area contributed by atoms with E-state index in [-0.39, 0.29) is 16.6 Å². The van der Waals surface area contributed by atoms with Crippen molar-refractivity contribution in [3.8, 4) is 6.07 Å². The van der Waals surface area contributed by atoms with Gasteiger partial charge in [0.05, 0.1) is 6.07 Å². The number of carbonyl (C=O) groups excluding carboxylic acids is 1. The molecule has 1 unspecified atom stereocenters. The van der Waals surface area contributed by atoms with Crippen LogP contribution >= 0.6 is 11.3 Å². The molecule has 0 radical (unpaired) electrons. The van der Waals surface area contributed by atoms with Crippen LogP contribution in [0.15, 0.2) is 5.38 Å². The Balaban J connectivity index is 2.90. The number of sulfonamides is 1. The Hall–Kier alpha value is -1.46. The molecule has 0 aliphatic carbocycles. The number of nitrogens with zero attached hydrogens (tertiary/aromatic N) is 2. The predicted molar refractivity (Wildman–Crippen MR) is 59.7 cm³/mol. The van der Waals surface area contributed by atoms with Gasteiger partial charge in [0, 0.05) is 12.3 Å². The summed E-state index contributed by atoms with van der Waals surface area (Å²) in [5.41, 5.74) is 0.201. The molecule has 1 N–H and O–H groups in total. The molecule has 0 aliphatic rings. The lowest BCUT2D eigenvalue weighted by molar-refractivity contribution is 0.101. The number of ketones is 1. The highest BCUT2D eigenvalue weighted by atomic mass is 32.2. The number of Topliss-reactive ketones (excluding diaryl/α,β-unsaturated/α-hetero) is 1. The molecule has 86 valence electrons. The maximum absolute atomic E-state index is 11.5. The average Bonchev–Trinajstić information content (AvgIpc) is 2.64. The fraction of sp³-hybridized carbons (Fsp3) is 0.375. The summed E-state index contributed by atoms with van der Waals surface area (Å²) in [7, 11) is -3.75. The summed E-state index contributed by atoms with van der Waals surface area (Å²) in [4.78, 5) is 14.7. The Morgan fingerprint density at radius 3 is 2.75 bits per heavy atom. The van der Waals surface area contributed by atoms with Crippen molar-refractivity contribution in [2.45, 2.75) is 19.1 Å². The SMILES string of the molecule is CC(=O)c1csc(NS(=O)(=O)C(C)C#N)n1. The van der Waals surface area contributed by atoms with Crippen LogP contribution in [0.4, 0.5) is 5.13 Å². The second-order valence-electron chi connectivity index (χ2n) is 3.01. The average molecular weight is 259 g/mol.